The summed E-state index contributed by atoms with van der Waals surface area (Å²) in [5.74, 6) is 2.29. The lowest BCUT2D eigenvalue weighted by Gasteiger charge is -2.36. The van der Waals surface area contributed by atoms with Crippen molar-refractivity contribution in [1.82, 2.24) is 40.2 Å². The molecule has 1 aromatic carbocycles. The van der Waals surface area contributed by atoms with E-state index in [4.69, 9.17) is 28.7 Å². The fourth-order valence-electron chi connectivity index (χ4n) is 7.55. The number of rotatable bonds is 6. The zero-order valence-corrected chi connectivity index (χ0v) is 32.9. The summed E-state index contributed by atoms with van der Waals surface area (Å²) in [6.07, 6.45) is 7.71. The highest BCUT2D eigenvalue weighted by Crippen LogP contribution is 2.44. The molecule has 2 bridgehead atoms. The van der Waals surface area contributed by atoms with Gasteiger partial charge in [-0.25, -0.2) is 15.0 Å². The average Bonchev–Trinajstić information content (AvgIpc) is 3.68. The lowest BCUT2D eigenvalue weighted by atomic mass is 9.97. The molecule has 1 atom stereocenters. The molecule has 2 aliphatic heterocycles. The molecule has 0 aliphatic carbocycles. The van der Waals surface area contributed by atoms with E-state index in [1.54, 1.807) is 64.7 Å². The van der Waals surface area contributed by atoms with Gasteiger partial charge in [-0.3, -0.25) is 19.4 Å². The third-order valence-electron chi connectivity index (χ3n) is 10.4. The number of piperidine rings is 1. The van der Waals surface area contributed by atoms with E-state index in [-0.39, 0.29) is 43.1 Å². The monoisotopic (exact) mass is 777 g/mol. The third-order valence-corrected chi connectivity index (χ3v) is 10.4. The molecule has 2 aliphatic rings. The van der Waals surface area contributed by atoms with Crippen LogP contribution in [0.4, 0.5) is 5.82 Å². The van der Waals surface area contributed by atoms with Crippen LogP contribution in [0.25, 0.3) is 22.3 Å². The number of pyridine rings is 2. The molecule has 1 fully saturated rings. The van der Waals surface area contributed by atoms with Gasteiger partial charge in [-0.15, -0.1) is 0 Å². The van der Waals surface area contributed by atoms with Crippen molar-refractivity contribution in [1.29, 1.82) is 0 Å². The summed E-state index contributed by atoms with van der Waals surface area (Å²) in [5.41, 5.74) is 3.23. The quantitative estimate of drug-likeness (QED) is 0.253. The summed E-state index contributed by atoms with van der Waals surface area (Å²) in [6.45, 7) is 5.95. The van der Waals surface area contributed by atoms with Crippen molar-refractivity contribution >= 4 is 34.4 Å². The number of carbonyl (C=O) groups excluding carboxylic acids is 3. The van der Waals surface area contributed by atoms with E-state index in [9.17, 15) is 14.4 Å². The Hall–Kier alpha value is -6.32. The number of benzene rings is 1. The third kappa shape index (κ3) is 8.44. The Morgan fingerprint density at radius 1 is 0.895 bits per heavy atom. The zero-order valence-electron chi connectivity index (χ0n) is 32.9. The maximum atomic E-state index is 14.7. The summed E-state index contributed by atoms with van der Waals surface area (Å²) in [7, 11) is 4.70. The van der Waals surface area contributed by atoms with E-state index in [0.29, 0.717) is 83.5 Å². The number of aryl methyl sites for hydroxylation is 2. The Kier molecular flexibility index (Phi) is 11.8. The molecule has 5 aromatic rings. The number of hydrogen-bond acceptors (Lipinski definition) is 13. The Morgan fingerprint density at radius 3 is 2.37 bits per heavy atom. The number of anilines is 1. The Bertz CT molecular complexity index is 2260. The Morgan fingerprint density at radius 2 is 1.68 bits per heavy atom. The van der Waals surface area contributed by atoms with Gasteiger partial charge >= 0.3 is 0 Å². The van der Waals surface area contributed by atoms with Crippen LogP contribution in [0.5, 0.6) is 17.2 Å². The molecule has 1 N–H and O–H groups in total. The van der Waals surface area contributed by atoms with Crippen LogP contribution in [0.3, 0.4) is 0 Å². The van der Waals surface area contributed by atoms with Crippen LogP contribution in [0, 0.1) is 19.8 Å². The standard InChI is InChI=1S/C41H47N9O7/c1-25-16-33(47-57-25)41(53)50-14-7-6-13-49(40(52)31-21-44-38(45-26(31)2)28-11-8-12-42-20-28)23-29-17-30-32(18-34(54-3)37(56-5)36(30)55-4)46-39(29)48-15-9-10-27(22-48)19-43-35(51)24-50/h8,11-12,16-18,20-21,27H,6-7,9-10,13-15,19,22-24H2,1-5H3,(H,43,51). The molecule has 16 nitrogen and oxygen atoms in total. The molecule has 4 aromatic heterocycles. The predicted molar refractivity (Wildman–Crippen MR) is 210 cm³/mol. The van der Waals surface area contributed by atoms with Gasteiger partial charge in [0.2, 0.25) is 11.7 Å². The topological polar surface area (TPSA) is 178 Å². The van der Waals surface area contributed by atoms with Crippen molar-refractivity contribution in [2.24, 2.45) is 5.92 Å². The van der Waals surface area contributed by atoms with Crippen molar-refractivity contribution < 1.29 is 33.1 Å². The van der Waals surface area contributed by atoms with Crippen LogP contribution in [0.15, 0.2) is 53.4 Å². The molecule has 0 spiro atoms. The number of nitrogens with one attached hydrogen (secondary N) is 1. The molecule has 57 heavy (non-hydrogen) atoms. The number of fused-ring (bicyclic) bond motifs is 5. The van der Waals surface area contributed by atoms with Crippen molar-refractivity contribution in [3.63, 3.8) is 0 Å². The van der Waals surface area contributed by atoms with Crippen LogP contribution in [-0.4, -0.2) is 113 Å². The van der Waals surface area contributed by atoms with Crippen molar-refractivity contribution in [3.05, 3.63) is 77.2 Å². The fourth-order valence-corrected chi connectivity index (χ4v) is 7.55. The first-order chi connectivity index (χ1) is 27.7. The van der Waals surface area contributed by atoms with Gasteiger partial charge in [-0.2, -0.15) is 0 Å². The zero-order chi connectivity index (χ0) is 40.1. The van der Waals surface area contributed by atoms with Gasteiger partial charge in [0.25, 0.3) is 11.8 Å². The van der Waals surface area contributed by atoms with Gasteiger partial charge in [-0.1, -0.05) is 5.16 Å². The molecule has 0 saturated carbocycles. The molecule has 3 amide bonds. The maximum absolute atomic E-state index is 14.7. The number of carbonyl (C=O) groups is 3. The summed E-state index contributed by atoms with van der Waals surface area (Å²) < 4.78 is 22.5. The number of methoxy groups -OCH3 is 3. The van der Waals surface area contributed by atoms with E-state index in [1.165, 1.54) is 4.90 Å². The van der Waals surface area contributed by atoms with Crippen molar-refractivity contribution in [2.45, 2.75) is 46.1 Å². The Balaban J connectivity index is 1.30. The molecule has 1 saturated heterocycles. The van der Waals surface area contributed by atoms with Crippen LogP contribution in [0.2, 0.25) is 0 Å². The highest BCUT2D eigenvalue weighted by molar-refractivity contribution is 5.96. The number of nitrogens with zero attached hydrogens (tertiary/aromatic N) is 8. The van der Waals surface area contributed by atoms with Crippen molar-refractivity contribution in [3.8, 4) is 28.6 Å². The van der Waals surface area contributed by atoms with E-state index in [2.05, 4.69) is 25.3 Å². The Labute approximate surface area is 330 Å². The van der Waals surface area contributed by atoms with Gasteiger partial charge in [0.1, 0.15) is 11.6 Å². The largest absolute Gasteiger partial charge is 0.493 e. The van der Waals surface area contributed by atoms with Crippen molar-refractivity contribution in [2.75, 3.05) is 65.5 Å². The van der Waals surface area contributed by atoms with Crippen LogP contribution in [-0.2, 0) is 11.3 Å². The minimum absolute atomic E-state index is 0.110. The number of hydrogen-bond donors (Lipinski definition) is 1. The number of ether oxygens (including phenoxy) is 3. The summed E-state index contributed by atoms with van der Waals surface area (Å²) >= 11 is 0. The molecule has 0 radical (unpaired) electrons. The smallest absolute Gasteiger partial charge is 0.276 e. The lowest BCUT2D eigenvalue weighted by molar-refractivity contribution is -0.122. The second-order valence-corrected chi connectivity index (χ2v) is 14.4. The second kappa shape index (κ2) is 17.2. The van der Waals surface area contributed by atoms with Crippen LogP contribution < -0.4 is 24.4 Å². The lowest BCUT2D eigenvalue weighted by Crippen LogP contribution is -2.46. The number of amides is 3. The normalized spacial score (nSPS) is 16.8. The molecule has 298 valence electrons. The molecular weight excluding hydrogens is 731 g/mol. The van der Waals surface area contributed by atoms with Crippen LogP contribution in [0.1, 0.15) is 63.5 Å². The fraction of sp³-hybridized carbons (Fsp3) is 0.415. The summed E-state index contributed by atoms with van der Waals surface area (Å²) in [6, 6.07) is 9.09. The van der Waals surface area contributed by atoms with Gasteiger partial charge < -0.3 is 38.8 Å². The molecular formula is C41H47N9O7. The maximum Gasteiger partial charge on any atom is 0.276 e. The van der Waals surface area contributed by atoms with Gasteiger partial charge in [0.15, 0.2) is 23.0 Å². The summed E-state index contributed by atoms with van der Waals surface area (Å²) in [4.78, 5) is 65.8. The van der Waals surface area contributed by atoms with Crippen LogP contribution >= 0.6 is 0 Å². The molecule has 7 rings (SSSR count). The van der Waals surface area contributed by atoms with E-state index in [1.807, 2.05) is 24.3 Å². The second-order valence-electron chi connectivity index (χ2n) is 14.4. The minimum Gasteiger partial charge on any atom is -0.493 e. The highest BCUT2D eigenvalue weighted by atomic mass is 16.5. The van der Waals surface area contributed by atoms with E-state index in [0.717, 1.165) is 36.3 Å². The van der Waals surface area contributed by atoms with Gasteiger partial charge in [0.05, 0.1) is 44.6 Å². The molecule has 6 heterocycles. The first-order valence-corrected chi connectivity index (χ1v) is 19.1. The van der Waals surface area contributed by atoms with E-state index < -0.39 is 5.91 Å². The highest BCUT2D eigenvalue weighted by Gasteiger charge is 2.29. The summed E-state index contributed by atoms with van der Waals surface area (Å²) in [5, 5.41) is 7.70. The molecule has 1 unspecified atom stereocenters. The van der Waals surface area contributed by atoms with Gasteiger partial charge in [0, 0.05) is 86.5 Å². The first-order valence-electron chi connectivity index (χ1n) is 19.1. The average molecular weight is 778 g/mol. The SMILES string of the molecule is COc1cc2nc3c(cc2c(OC)c1OC)CN(C(=O)c1cnc(-c2cccnc2)nc1C)CCCCN(C(=O)c1cc(C)on1)CC(=O)NCC1CCCN3C1. The van der Waals surface area contributed by atoms with E-state index >= 15 is 0 Å². The predicted octanol–water partition coefficient (Wildman–Crippen LogP) is 4.63. The van der Waals surface area contributed by atoms with Gasteiger partial charge in [-0.05, 0) is 63.6 Å². The minimum atomic E-state index is -0.394. The first kappa shape index (κ1) is 38.9. The number of aromatic nitrogens is 5. The molecule has 16 heteroatoms.